The highest BCUT2D eigenvalue weighted by Crippen LogP contribution is 2.30. The Bertz CT molecular complexity index is 410. The van der Waals surface area contributed by atoms with Gasteiger partial charge in [0.25, 0.3) is 0 Å². The van der Waals surface area contributed by atoms with Crippen molar-refractivity contribution in [1.29, 1.82) is 0 Å². The molecule has 0 bridgehead atoms. The molecule has 0 aliphatic carbocycles. The molecule has 7 heteroatoms. The summed E-state index contributed by atoms with van der Waals surface area (Å²) >= 11 is 0. The van der Waals surface area contributed by atoms with Crippen LogP contribution < -0.4 is 11.1 Å². The molecule has 1 aliphatic heterocycles. The van der Waals surface area contributed by atoms with Crippen LogP contribution in [0.5, 0.6) is 0 Å². The lowest BCUT2D eigenvalue weighted by atomic mass is 9.81. The lowest BCUT2D eigenvalue weighted by Crippen LogP contribution is -2.56. The minimum Gasteiger partial charge on any atom is -0.481 e. The number of amides is 3. The standard InChI is InChI=1S/C13H23N3O4/c1-8(2)9(15-12(14)20)10(17)16-6-4-5-13(3,7-16)11(18)19/h8-9H,4-7H2,1-3H3,(H,18,19)(H3,14,15,20). The minimum absolute atomic E-state index is 0.118. The van der Waals surface area contributed by atoms with E-state index in [-0.39, 0.29) is 18.4 Å². The van der Waals surface area contributed by atoms with Crippen molar-refractivity contribution in [3.63, 3.8) is 0 Å². The smallest absolute Gasteiger partial charge is 0.312 e. The summed E-state index contributed by atoms with van der Waals surface area (Å²) in [4.78, 5) is 36.2. The van der Waals surface area contributed by atoms with Crippen molar-refractivity contribution < 1.29 is 19.5 Å². The Morgan fingerprint density at radius 2 is 1.95 bits per heavy atom. The second kappa shape index (κ2) is 6.11. The fourth-order valence-corrected chi connectivity index (χ4v) is 2.47. The van der Waals surface area contributed by atoms with Crippen LogP contribution in [0.15, 0.2) is 0 Å². The summed E-state index contributed by atoms with van der Waals surface area (Å²) in [6, 6.07) is -1.47. The van der Waals surface area contributed by atoms with Crippen molar-refractivity contribution >= 4 is 17.9 Å². The minimum atomic E-state index is -0.928. The molecule has 1 aliphatic rings. The second-order valence-corrected chi connectivity index (χ2v) is 5.96. The van der Waals surface area contributed by atoms with E-state index < -0.39 is 23.5 Å². The number of urea groups is 1. The fourth-order valence-electron chi connectivity index (χ4n) is 2.47. The molecular weight excluding hydrogens is 262 g/mol. The van der Waals surface area contributed by atoms with Crippen LogP contribution in [0.4, 0.5) is 4.79 Å². The van der Waals surface area contributed by atoms with Crippen LogP contribution in [0.3, 0.4) is 0 Å². The van der Waals surface area contributed by atoms with Crippen molar-refractivity contribution in [3.8, 4) is 0 Å². The number of piperidine rings is 1. The van der Waals surface area contributed by atoms with E-state index in [1.807, 2.05) is 0 Å². The van der Waals surface area contributed by atoms with E-state index in [0.717, 1.165) is 0 Å². The number of carbonyl (C=O) groups excluding carboxylic acids is 2. The molecule has 0 aromatic carbocycles. The number of hydrogen-bond acceptors (Lipinski definition) is 3. The first kappa shape index (κ1) is 16.3. The molecule has 20 heavy (non-hydrogen) atoms. The van der Waals surface area contributed by atoms with Gasteiger partial charge in [-0.05, 0) is 25.7 Å². The molecule has 2 atom stereocenters. The van der Waals surface area contributed by atoms with Gasteiger partial charge in [-0.15, -0.1) is 0 Å². The number of hydrogen-bond donors (Lipinski definition) is 3. The van der Waals surface area contributed by atoms with E-state index in [1.165, 1.54) is 4.90 Å². The number of rotatable bonds is 4. The number of nitrogens with two attached hydrogens (primary N) is 1. The molecule has 114 valence electrons. The van der Waals surface area contributed by atoms with Gasteiger partial charge in [-0.3, -0.25) is 9.59 Å². The Morgan fingerprint density at radius 1 is 1.35 bits per heavy atom. The van der Waals surface area contributed by atoms with Crippen molar-refractivity contribution in [2.24, 2.45) is 17.1 Å². The van der Waals surface area contributed by atoms with Crippen molar-refractivity contribution in [3.05, 3.63) is 0 Å². The van der Waals surface area contributed by atoms with Gasteiger partial charge in [0, 0.05) is 13.1 Å². The van der Waals surface area contributed by atoms with E-state index >= 15 is 0 Å². The molecule has 3 amide bonds. The van der Waals surface area contributed by atoms with Gasteiger partial charge in [-0.1, -0.05) is 13.8 Å². The molecule has 0 aromatic rings. The summed E-state index contributed by atoms with van der Waals surface area (Å²) in [6.07, 6.45) is 1.18. The Kier molecular flexibility index (Phi) is 4.97. The van der Waals surface area contributed by atoms with E-state index in [1.54, 1.807) is 20.8 Å². The molecule has 1 rings (SSSR count). The number of likely N-dealkylation sites (tertiary alicyclic amines) is 1. The molecule has 2 unspecified atom stereocenters. The molecule has 0 aromatic heterocycles. The zero-order chi connectivity index (χ0) is 15.5. The van der Waals surface area contributed by atoms with Gasteiger partial charge < -0.3 is 21.1 Å². The first-order valence-electron chi connectivity index (χ1n) is 6.75. The van der Waals surface area contributed by atoms with Crippen LogP contribution in [0, 0.1) is 11.3 Å². The molecule has 0 saturated carbocycles. The Hall–Kier alpha value is -1.79. The maximum absolute atomic E-state index is 12.4. The maximum atomic E-state index is 12.4. The molecule has 1 heterocycles. The summed E-state index contributed by atoms with van der Waals surface area (Å²) in [5, 5.41) is 11.7. The van der Waals surface area contributed by atoms with Gasteiger partial charge in [0.1, 0.15) is 6.04 Å². The zero-order valence-corrected chi connectivity index (χ0v) is 12.2. The summed E-state index contributed by atoms with van der Waals surface area (Å²) in [5.74, 6) is -1.29. The largest absolute Gasteiger partial charge is 0.481 e. The highest BCUT2D eigenvalue weighted by molar-refractivity contribution is 5.87. The zero-order valence-electron chi connectivity index (χ0n) is 12.2. The number of carbonyl (C=O) groups is 3. The predicted octanol–water partition coefficient (Wildman–Crippen LogP) is 0.393. The van der Waals surface area contributed by atoms with Crippen LogP contribution in [0.2, 0.25) is 0 Å². The Labute approximate surface area is 118 Å². The number of primary amides is 1. The number of nitrogens with zero attached hydrogens (tertiary/aromatic N) is 1. The second-order valence-electron chi connectivity index (χ2n) is 5.96. The normalized spacial score (nSPS) is 24.3. The van der Waals surface area contributed by atoms with E-state index in [2.05, 4.69) is 5.32 Å². The van der Waals surface area contributed by atoms with Crippen LogP contribution >= 0.6 is 0 Å². The number of carboxylic acid groups (broad SMARTS) is 1. The molecular formula is C13H23N3O4. The van der Waals surface area contributed by atoms with Crippen LogP contribution in [-0.2, 0) is 9.59 Å². The SMILES string of the molecule is CC(C)C(NC(N)=O)C(=O)N1CCCC(C)(C(=O)O)C1. The third-order valence-corrected chi connectivity index (χ3v) is 3.75. The van der Waals surface area contributed by atoms with E-state index in [4.69, 9.17) is 5.73 Å². The summed E-state index contributed by atoms with van der Waals surface area (Å²) in [5.41, 5.74) is 4.16. The first-order chi connectivity index (χ1) is 9.17. The Morgan fingerprint density at radius 3 is 2.40 bits per heavy atom. The van der Waals surface area contributed by atoms with Crippen molar-refractivity contribution in [2.45, 2.75) is 39.7 Å². The maximum Gasteiger partial charge on any atom is 0.312 e. The highest BCUT2D eigenvalue weighted by atomic mass is 16.4. The third kappa shape index (κ3) is 3.61. The molecule has 4 N–H and O–H groups in total. The highest BCUT2D eigenvalue weighted by Gasteiger charge is 2.41. The lowest BCUT2D eigenvalue weighted by Gasteiger charge is -2.39. The van der Waals surface area contributed by atoms with Crippen LogP contribution in [-0.4, -0.2) is 47.0 Å². The summed E-state index contributed by atoms with van der Waals surface area (Å²) < 4.78 is 0. The topological polar surface area (TPSA) is 113 Å². The van der Waals surface area contributed by atoms with Crippen LogP contribution in [0.1, 0.15) is 33.6 Å². The third-order valence-electron chi connectivity index (χ3n) is 3.75. The number of aliphatic carboxylic acids is 1. The quantitative estimate of drug-likeness (QED) is 0.693. The summed E-state index contributed by atoms with van der Waals surface area (Å²) in [6.45, 7) is 5.91. The van der Waals surface area contributed by atoms with Crippen LogP contribution in [0.25, 0.3) is 0 Å². The van der Waals surface area contributed by atoms with Crippen molar-refractivity contribution in [1.82, 2.24) is 10.2 Å². The van der Waals surface area contributed by atoms with Crippen molar-refractivity contribution in [2.75, 3.05) is 13.1 Å². The number of nitrogens with one attached hydrogen (secondary N) is 1. The average Bonchev–Trinajstić information content (AvgIpc) is 2.34. The Balaban J connectivity index is 2.84. The van der Waals surface area contributed by atoms with Gasteiger partial charge in [0.2, 0.25) is 5.91 Å². The molecule has 1 saturated heterocycles. The predicted molar refractivity (Wildman–Crippen MR) is 72.9 cm³/mol. The fraction of sp³-hybridized carbons (Fsp3) is 0.769. The monoisotopic (exact) mass is 285 g/mol. The molecule has 0 radical (unpaired) electrons. The average molecular weight is 285 g/mol. The van der Waals surface area contributed by atoms with E-state index in [0.29, 0.717) is 19.4 Å². The van der Waals surface area contributed by atoms with E-state index in [9.17, 15) is 19.5 Å². The lowest BCUT2D eigenvalue weighted by molar-refractivity contribution is -0.154. The molecule has 1 fully saturated rings. The van der Waals surface area contributed by atoms with Gasteiger partial charge in [0.15, 0.2) is 0 Å². The molecule has 7 nitrogen and oxygen atoms in total. The van der Waals surface area contributed by atoms with Gasteiger partial charge in [0.05, 0.1) is 5.41 Å². The van der Waals surface area contributed by atoms with Gasteiger partial charge in [-0.25, -0.2) is 4.79 Å². The van der Waals surface area contributed by atoms with Gasteiger partial charge in [-0.2, -0.15) is 0 Å². The summed E-state index contributed by atoms with van der Waals surface area (Å²) in [7, 11) is 0. The first-order valence-corrected chi connectivity index (χ1v) is 6.75. The van der Waals surface area contributed by atoms with Gasteiger partial charge >= 0.3 is 12.0 Å². The number of carboxylic acids is 1. The molecule has 0 spiro atoms.